The lowest BCUT2D eigenvalue weighted by Gasteiger charge is -2.11. The van der Waals surface area contributed by atoms with Crippen molar-refractivity contribution in [2.45, 2.75) is 26.1 Å². The minimum atomic E-state index is -4.44. The summed E-state index contributed by atoms with van der Waals surface area (Å²) in [6.45, 7) is 3.86. The van der Waals surface area contributed by atoms with Gasteiger partial charge in [0.1, 0.15) is 5.82 Å². The van der Waals surface area contributed by atoms with Gasteiger partial charge in [-0.3, -0.25) is 4.68 Å². The molecule has 0 aliphatic carbocycles. The lowest BCUT2D eigenvalue weighted by molar-refractivity contribution is -0.137. The summed E-state index contributed by atoms with van der Waals surface area (Å²) in [6, 6.07) is 2.38. The Morgan fingerprint density at radius 3 is 2.63 bits per heavy atom. The summed E-state index contributed by atoms with van der Waals surface area (Å²) in [5, 5.41) is 6.69. The van der Waals surface area contributed by atoms with Crippen molar-refractivity contribution in [3.8, 4) is 0 Å². The molecule has 0 atom stereocenters. The number of hydrogen-bond donors (Lipinski definition) is 1. The smallest absolute Gasteiger partial charge is 0.337 e. The van der Waals surface area contributed by atoms with Crippen molar-refractivity contribution in [2.24, 2.45) is 0 Å². The third-order valence-electron chi connectivity index (χ3n) is 2.51. The molecular formula is C12H13F3N4. The lowest BCUT2D eigenvalue weighted by Crippen LogP contribution is -2.09. The number of rotatable bonds is 3. The normalized spacial score (nSPS) is 11.9. The minimum Gasteiger partial charge on any atom is -0.337 e. The molecule has 0 saturated heterocycles. The maximum atomic E-state index is 12.8. The van der Waals surface area contributed by atoms with E-state index in [1.54, 1.807) is 10.9 Å². The number of hydrogen-bond acceptors (Lipinski definition) is 3. The fourth-order valence-corrected chi connectivity index (χ4v) is 1.56. The predicted molar refractivity (Wildman–Crippen MR) is 65.1 cm³/mol. The molecule has 2 rings (SSSR count). The molecule has 0 aliphatic heterocycles. The first kappa shape index (κ1) is 13.4. The van der Waals surface area contributed by atoms with Crippen LogP contribution in [-0.2, 0) is 6.18 Å². The van der Waals surface area contributed by atoms with Crippen molar-refractivity contribution in [2.75, 3.05) is 5.32 Å². The van der Waals surface area contributed by atoms with E-state index in [0.717, 1.165) is 6.07 Å². The van der Waals surface area contributed by atoms with Crippen LogP contribution in [0.3, 0.4) is 0 Å². The molecule has 102 valence electrons. The predicted octanol–water partition coefficient (Wildman–Crippen LogP) is 3.62. The number of pyridine rings is 1. The van der Waals surface area contributed by atoms with Crippen LogP contribution in [0.1, 0.15) is 25.5 Å². The molecule has 0 radical (unpaired) electrons. The van der Waals surface area contributed by atoms with Crippen molar-refractivity contribution in [1.29, 1.82) is 0 Å². The summed E-state index contributed by atoms with van der Waals surface area (Å²) < 4.78 is 40.0. The van der Waals surface area contributed by atoms with Crippen LogP contribution in [0.15, 0.2) is 30.7 Å². The van der Waals surface area contributed by atoms with E-state index in [4.69, 9.17) is 0 Å². The van der Waals surface area contributed by atoms with Crippen LogP contribution in [0.5, 0.6) is 0 Å². The second-order valence-corrected chi connectivity index (χ2v) is 4.33. The number of alkyl halides is 3. The van der Waals surface area contributed by atoms with Crippen LogP contribution < -0.4 is 5.32 Å². The average molecular weight is 270 g/mol. The Morgan fingerprint density at radius 1 is 1.32 bits per heavy atom. The third-order valence-corrected chi connectivity index (χ3v) is 2.51. The number of halogens is 3. The largest absolute Gasteiger partial charge is 0.419 e. The van der Waals surface area contributed by atoms with Crippen LogP contribution >= 0.6 is 0 Å². The van der Waals surface area contributed by atoms with Gasteiger partial charge in [-0.2, -0.15) is 18.3 Å². The van der Waals surface area contributed by atoms with Crippen molar-refractivity contribution < 1.29 is 13.2 Å². The quantitative estimate of drug-likeness (QED) is 0.926. The van der Waals surface area contributed by atoms with Gasteiger partial charge >= 0.3 is 6.18 Å². The van der Waals surface area contributed by atoms with Crippen LogP contribution in [0, 0.1) is 0 Å². The molecule has 0 aromatic carbocycles. The van der Waals surface area contributed by atoms with Crippen LogP contribution in [-0.4, -0.2) is 14.8 Å². The molecule has 2 aromatic rings. The molecule has 0 unspecified atom stereocenters. The first-order chi connectivity index (χ1) is 8.88. The second-order valence-electron chi connectivity index (χ2n) is 4.33. The van der Waals surface area contributed by atoms with Crippen molar-refractivity contribution in [3.63, 3.8) is 0 Å². The Morgan fingerprint density at radius 2 is 2.05 bits per heavy atom. The van der Waals surface area contributed by atoms with Gasteiger partial charge in [0.05, 0.1) is 17.4 Å². The molecule has 0 bridgehead atoms. The fourth-order valence-electron chi connectivity index (χ4n) is 1.56. The highest BCUT2D eigenvalue weighted by atomic mass is 19.4. The number of anilines is 2. The standard InChI is InChI=1S/C12H13F3N4/c1-8(2)19-7-9(6-17-19)18-11-10(12(13,14)15)4-3-5-16-11/h3-8H,1-2H3,(H,16,18). The fraction of sp³-hybridized carbons (Fsp3) is 0.333. The zero-order chi connectivity index (χ0) is 14.0. The molecule has 0 amide bonds. The number of nitrogens with zero attached hydrogens (tertiary/aromatic N) is 3. The van der Waals surface area contributed by atoms with Gasteiger partial charge in [0, 0.05) is 18.4 Å². The molecule has 0 spiro atoms. The summed E-state index contributed by atoms with van der Waals surface area (Å²) in [4.78, 5) is 3.73. The maximum absolute atomic E-state index is 12.8. The summed E-state index contributed by atoms with van der Waals surface area (Å²) in [7, 11) is 0. The Balaban J connectivity index is 2.28. The second kappa shape index (κ2) is 4.91. The summed E-state index contributed by atoms with van der Waals surface area (Å²) in [5.74, 6) is -0.224. The van der Waals surface area contributed by atoms with Gasteiger partial charge in [-0.05, 0) is 26.0 Å². The zero-order valence-corrected chi connectivity index (χ0v) is 10.4. The van der Waals surface area contributed by atoms with E-state index in [9.17, 15) is 13.2 Å². The summed E-state index contributed by atoms with van der Waals surface area (Å²) >= 11 is 0. The van der Waals surface area contributed by atoms with E-state index < -0.39 is 11.7 Å². The van der Waals surface area contributed by atoms with Gasteiger partial charge in [0.25, 0.3) is 0 Å². The third kappa shape index (κ3) is 3.04. The first-order valence-corrected chi connectivity index (χ1v) is 5.71. The zero-order valence-electron chi connectivity index (χ0n) is 10.4. The molecule has 2 aromatic heterocycles. The van der Waals surface area contributed by atoms with Crippen LogP contribution in [0.2, 0.25) is 0 Å². The Bertz CT molecular complexity index is 560. The molecule has 2 heterocycles. The lowest BCUT2D eigenvalue weighted by atomic mass is 10.2. The molecule has 7 heteroatoms. The molecule has 0 saturated carbocycles. The molecule has 19 heavy (non-hydrogen) atoms. The van der Waals surface area contributed by atoms with Gasteiger partial charge in [-0.15, -0.1) is 0 Å². The SMILES string of the molecule is CC(C)n1cc(Nc2ncccc2C(F)(F)F)cn1. The van der Waals surface area contributed by atoms with Gasteiger partial charge < -0.3 is 5.32 Å². The van der Waals surface area contributed by atoms with Crippen LogP contribution in [0.4, 0.5) is 24.7 Å². The number of aromatic nitrogens is 3. The van der Waals surface area contributed by atoms with Gasteiger partial charge in [0.15, 0.2) is 0 Å². The van der Waals surface area contributed by atoms with E-state index in [1.807, 2.05) is 13.8 Å². The van der Waals surface area contributed by atoms with Crippen molar-refractivity contribution in [1.82, 2.24) is 14.8 Å². The molecule has 0 aliphatic rings. The highest BCUT2D eigenvalue weighted by Gasteiger charge is 2.34. The van der Waals surface area contributed by atoms with E-state index in [1.165, 1.54) is 18.5 Å². The maximum Gasteiger partial charge on any atom is 0.419 e. The van der Waals surface area contributed by atoms with E-state index in [-0.39, 0.29) is 11.9 Å². The highest BCUT2D eigenvalue weighted by molar-refractivity contribution is 5.58. The van der Waals surface area contributed by atoms with E-state index >= 15 is 0 Å². The highest BCUT2D eigenvalue weighted by Crippen LogP contribution is 2.34. The Kier molecular flexibility index (Phi) is 3.46. The average Bonchev–Trinajstić information content (AvgIpc) is 2.77. The summed E-state index contributed by atoms with van der Waals surface area (Å²) in [5.41, 5.74) is -0.329. The molecule has 0 fully saturated rings. The minimum absolute atomic E-state index is 0.140. The van der Waals surface area contributed by atoms with Gasteiger partial charge in [-0.1, -0.05) is 0 Å². The van der Waals surface area contributed by atoms with E-state index in [2.05, 4.69) is 15.4 Å². The van der Waals surface area contributed by atoms with Crippen LogP contribution in [0.25, 0.3) is 0 Å². The monoisotopic (exact) mass is 270 g/mol. The van der Waals surface area contributed by atoms with Crippen molar-refractivity contribution >= 4 is 11.5 Å². The summed E-state index contributed by atoms with van der Waals surface area (Å²) in [6.07, 6.45) is -0.0244. The Labute approximate surface area is 108 Å². The molecule has 1 N–H and O–H groups in total. The van der Waals surface area contributed by atoms with E-state index in [0.29, 0.717) is 5.69 Å². The van der Waals surface area contributed by atoms with Gasteiger partial charge in [-0.25, -0.2) is 4.98 Å². The molecular weight excluding hydrogens is 257 g/mol. The topological polar surface area (TPSA) is 42.7 Å². The first-order valence-electron chi connectivity index (χ1n) is 5.71. The van der Waals surface area contributed by atoms with Gasteiger partial charge in [0.2, 0.25) is 0 Å². The number of nitrogens with one attached hydrogen (secondary N) is 1. The van der Waals surface area contributed by atoms with Crippen molar-refractivity contribution in [3.05, 3.63) is 36.3 Å². The Hall–Kier alpha value is -2.05. The molecule has 4 nitrogen and oxygen atoms in total.